The van der Waals surface area contributed by atoms with E-state index in [-0.39, 0.29) is 12.7 Å². The van der Waals surface area contributed by atoms with Crippen molar-refractivity contribution >= 4 is 8.25 Å². The Hall–Kier alpha value is -3.21. The molecule has 0 saturated heterocycles. The van der Waals surface area contributed by atoms with Crippen LogP contribution in [-0.2, 0) is 22.1 Å². The van der Waals surface area contributed by atoms with Crippen LogP contribution in [0.2, 0.25) is 0 Å². The smallest absolute Gasteiger partial charge is 0.493 e. The topological polar surface area (TPSA) is 114 Å². The Balaban J connectivity index is 1.55. The predicted octanol–water partition coefficient (Wildman–Crippen LogP) is 5.76. The summed E-state index contributed by atoms with van der Waals surface area (Å²) in [4.78, 5) is 8.66. The molecule has 9 heteroatoms. The van der Waals surface area contributed by atoms with Crippen molar-refractivity contribution in [3.63, 3.8) is 0 Å². The summed E-state index contributed by atoms with van der Waals surface area (Å²) in [6, 6.07) is 17.7. The number of nitrogens with zero attached hydrogens (tertiary/aromatic N) is 1. The summed E-state index contributed by atoms with van der Waals surface area (Å²) in [5.74, 6) is 2.08. The van der Waals surface area contributed by atoms with Crippen molar-refractivity contribution in [1.82, 2.24) is 5.32 Å². The standard InChI is InChI=1S/C27H31N2O6P/c1-20(2)35-25-10-8-21(16-23(25)18-28)6-3-13-33-27-11-9-22(17-24(27)26-7-4-14-32-26)19-29-12-5-15-34-36(30)31/h4,7-11,14,16-17,20,29H,3,5-6,12-13,15,19H2,1-2H3/p+1. The monoisotopic (exact) mass is 511 g/mol. The van der Waals surface area contributed by atoms with E-state index in [2.05, 4.69) is 15.9 Å². The van der Waals surface area contributed by atoms with Crippen molar-refractivity contribution in [3.8, 4) is 28.9 Å². The second-order valence-corrected chi connectivity index (χ2v) is 9.20. The fraction of sp³-hybridized carbons (Fsp3) is 0.370. The van der Waals surface area contributed by atoms with E-state index in [1.165, 1.54) is 0 Å². The maximum absolute atomic E-state index is 10.5. The van der Waals surface area contributed by atoms with Gasteiger partial charge in [-0.2, -0.15) is 5.26 Å². The fourth-order valence-electron chi connectivity index (χ4n) is 3.65. The van der Waals surface area contributed by atoms with Crippen LogP contribution in [0.3, 0.4) is 0 Å². The molecule has 0 spiro atoms. The number of hydrogen-bond donors (Lipinski definition) is 2. The van der Waals surface area contributed by atoms with Crippen LogP contribution in [0.5, 0.6) is 11.5 Å². The van der Waals surface area contributed by atoms with Crippen LogP contribution in [0.25, 0.3) is 11.3 Å². The van der Waals surface area contributed by atoms with Crippen molar-refractivity contribution in [1.29, 1.82) is 5.26 Å². The molecule has 0 aliphatic heterocycles. The molecule has 0 radical (unpaired) electrons. The van der Waals surface area contributed by atoms with Crippen LogP contribution in [0.4, 0.5) is 0 Å². The highest BCUT2D eigenvalue weighted by Crippen LogP contribution is 2.32. The van der Waals surface area contributed by atoms with E-state index in [9.17, 15) is 9.83 Å². The van der Waals surface area contributed by atoms with Crippen LogP contribution in [0, 0.1) is 11.3 Å². The van der Waals surface area contributed by atoms with Gasteiger partial charge in [0, 0.05) is 11.1 Å². The van der Waals surface area contributed by atoms with Gasteiger partial charge in [-0.25, -0.2) is 0 Å². The van der Waals surface area contributed by atoms with Crippen LogP contribution in [-0.4, -0.2) is 30.8 Å². The number of nitrogens with one attached hydrogen (secondary N) is 1. The molecule has 0 amide bonds. The molecule has 2 N–H and O–H groups in total. The summed E-state index contributed by atoms with van der Waals surface area (Å²) in [5, 5.41) is 12.7. The van der Waals surface area contributed by atoms with E-state index in [4.69, 9.17) is 18.8 Å². The second kappa shape index (κ2) is 14.4. The third-order valence-electron chi connectivity index (χ3n) is 5.25. The van der Waals surface area contributed by atoms with E-state index >= 15 is 0 Å². The van der Waals surface area contributed by atoms with E-state index in [0.717, 1.165) is 41.0 Å². The lowest BCUT2D eigenvalue weighted by molar-refractivity contribution is 0.241. The minimum atomic E-state index is -2.54. The first-order chi connectivity index (χ1) is 17.5. The number of hydrogen-bond acceptors (Lipinski definition) is 7. The summed E-state index contributed by atoms with van der Waals surface area (Å²) < 4.78 is 32.6. The molecule has 1 unspecified atom stereocenters. The lowest BCUT2D eigenvalue weighted by Crippen LogP contribution is -2.16. The van der Waals surface area contributed by atoms with Crippen molar-refractivity contribution in [2.75, 3.05) is 19.8 Å². The van der Waals surface area contributed by atoms with Gasteiger partial charge in [0.15, 0.2) is 0 Å². The number of aryl methyl sites for hydroxylation is 1. The molecule has 0 aliphatic rings. The first kappa shape index (κ1) is 27.4. The van der Waals surface area contributed by atoms with Gasteiger partial charge in [0.05, 0.1) is 30.1 Å². The van der Waals surface area contributed by atoms with Gasteiger partial charge in [-0.1, -0.05) is 12.1 Å². The molecule has 0 saturated carbocycles. The molecule has 190 valence electrons. The Morgan fingerprint density at radius 2 is 1.89 bits per heavy atom. The van der Waals surface area contributed by atoms with E-state index < -0.39 is 8.25 Å². The van der Waals surface area contributed by atoms with Crippen LogP contribution in [0.1, 0.15) is 43.4 Å². The van der Waals surface area contributed by atoms with Gasteiger partial charge < -0.3 is 19.2 Å². The number of ether oxygens (including phenoxy) is 2. The molecule has 8 nitrogen and oxygen atoms in total. The molecular formula is C27H32N2O6P+. The first-order valence-corrected chi connectivity index (χ1v) is 13.1. The Labute approximate surface area is 212 Å². The van der Waals surface area contributed by atoms with Gasteiger partial charge in [0.25, 0.3) is 0 Å². The lowest BCUT2D eigenvalue weighted by atomic mass is 10.1. The van der Waals surface area contributed by atoms with E-state index in [1.54, 1.807) is 6.26 Å². The number of benzene rings is 2. The van der Waals surface area contributed by atoms with Crippen molar-refractivity contribution < 1.29 is 27.9 Å². The number of rotatable bonds is 15. The van der Waals surface area contributed by atoms with Gasteiger partial charge in [0.2, 0.25) is 0 Å². The lowest BCUT2D eigenvalue weighted by Gasteiger charge is -2.14. The number of furan rings is 1. The van der Waals surface area contributed by atoms with Crippen LogP contribution in [0.15, 0.2) is 59.2 Å². The third kappa shape index (κ3) is 8.78. The van der Waals surface area contributed by atoms with Crippen LogP contribution < -0.4 is 14.8 Å². The van der Waals surface area contributed by atoms with Crippen molar-refractivity contribution in [2.24, 2.45) is 0 Å². The molecule has 3 aromatic rings. The largest absolute Gasteiger partial charge is 0.694 e. The molecule has 36 heavy (non-hydrogen) atoms. The Bertz CT molecular complexity index is 1160. The maximum Gasteiger partial charge on any atom is 0.694 e. The highest BCUT2D eigenvalue weighted by Gasteiger charge is 2.12. The first-order valence-electron chi connectivity index (χ1n) is 12.0. The molecule has 0 aliphatic carbocycles. The van der Waals surface area contributed by atoms with E-state index in [1.807, 2.05) is 62.4 Å². The zero-order valence-electron chi connectivity index (χ0n) is 20.6. The van der Waals surface area contributed by atoms with Crippen molar-refractivity contribution in [3.05, 3.63) is 71.5 Å². The average molecular weight is 512 g/mol. The highest BCUT2D eigenvalue weighted by atomic mass is 31.1. The maximum atomic E-state index is 10.5. The average Bonchev–Trinajstić information content (AvgIpc) is 3.39. The van der Waals surface area contributed by atoms with Gasteiger partial charge >= 0.3 is 8.25 Å². The summed E-state index contributed by atoms with van der Waals surface area (Å²) in [6.45, 7) is 5.93. The third-order valence-corrected chi connectivity index (χ3v) is 5.66. The van der Waals surface area contributed by atoms with Crippen molar-refractivity contribution in [2.45, 2.75) is 45.8 Å². The summed E-state index contributed by atoms with van der Waals surface area (Å²) in [6.07, 6.45) is 3.86. The molecule has 2 aromatic carbocycles. The molecule has 1 aromatic heterocycles. The molecule has 1 atom stereocenters. The quantitative estimate of drug-likeness (QED) is 0.195. The summed E-state index contributed by atoms with van der Waals surface area (Å²) in [5.41, 5.74) is 3.55. The number of nitriles is 1. The second-order valence-electron chi connectivity index (χ2n) is 8.47. The summed E-state index contributed by atoms with van der Waals surface area (Å²) >= 11 is 0. The molecular weight excluding hydrogens is 479 g/mol. The fourth-order valence-corrected chi connectivity index (χ4v) is 3.93. The molecule has 0 bridgehead atoms. The minimum Gasteiger partial charge on any atom is -0.493 e. The molecule has 0 fully saturated rings. The Morgan fingerprint density at radius 1 is 1.08 bits per heavy atom. The minimum absolute atomic E-state index is 0.0155. The Kier molecular flexibility index (Phi) is 10.9. The van der Waals surface area contributed by atoms with E-state index in [0.29, 0.717) is 37.4 Å². The van der Waals surface area contributed by atoms with Gasteiger partial charge in [-0.3, -0.25) is 0 Å². The molecule has 1 heterocycles. The zero-order valence-corrected chi connectivity index (χ0v) is 21.5. The zero-order chi connectivity index (χ0) is 25.8. The van der Waals surface area contributed by atoms with Crippen LogP contribution >= 0.6 is 8.25 Å². The molecule has 3 rings (SSSR count). The van der Waals surface area contributed by atoms with Gasteiger partial charge in [-0.15, -0.1) is 9.42 Å². The Morgan fingerprint density at radius 3 is 2.61 bits per heavy atom. The highest BCUT2D eigenvalue weighted by molar-refractivity contribution is 7.32. The predicted molar refractivity (Wildman–Crippen MR) is 137 cm³/mol. The van der Waals surface area contributed by atoms with Gasteiger partial charge in [0.1, 0.15) is 29.9 Å². The van der Waals surface area contributed by atoms with Gasteiger partial charge in [-0.05, 0) is 87.2 Å². The SMILES string of the molecule is CC(C)Oc1ccc(CCCOc2ccc(CNCCCO[P+](=O)O)cc2-c2ccco2)cc1C#N. The summed E-state index contributed by atoms with van der Waals surface area (Å²) in [7, 11) is -2.54. The normalized spacial score (nSPS) is 11.4.